The van der Waals surface area contributed by atoms with Crippen LogP contribution in [0.3, 0.4) is 0 Å². The van der Waals surface area contributed by atoms with Crippen molar-refractivity contribution in [3.05, 3.63) is 51.6 Å². The van der Waals surface area contributed by atoms with Crippen LogP contribution in [0.4, 0.5) is 0 Å². The van der Waals surface area contributed by atoms with Gasteiger partial charge in [0.25, 0.3) is 5.56 Å². The average molecular weight is 287 g/mol. The molecule has 0 atom stereocenters. The van der Waals surface area contributed by atoms with E-state index in [0.717, 1.165) is 11.1 Å². The smallest absolute Gasteiger partial charge is 0.271 e. The Balaban J connectivity index is 1.97. The van der Waals surface area contributed by atoms with Gasteiger partial charge < -0.3 is 4.57 Å². The molecule has 5 nitrogen and oxygen atoms in total. The van der Waals surface area contributed by atoms with Crippen molar-refractivity contribution in [3.8, 4) is 0 Å². The Kier molecular flexibility index (Phi) is 3.02. The molecule has 3 aromatic rings. The minimum absolute atomic E-state index is 0.0166. The molecule has 0 fully saturated rings. The Labute approximate surface area is 119 Å². The number of hydrogen-bond donors (Lipinski definition) is 0. The largest absolute Gasteiger partial charge is 0.357 e. The predicted octanol–water partition coefficient (Wildman–Crippen LogP) is 1.99. The summed E-state index contributed by atoms with van der Waals surface area (Å²) in [5.74, 6) is -0.0953. The topological polar surface area (TPSA) is 56.9 Å². The second-order valence-corrected chi connectivity index (χ2v) is 5.64. The number of carbonyl (C=O) groups excluding carboxylic acids is 1. The van der Waals surface area contributed by atoms with Gasteiger partial charge in [0.2, 0.25) is 0 Å². The molecule has 0 aliphatic rings. The van der Waals surface area contributed by atoms with Crippen LogP contribution in [0.2, 0.25) is 0 Å². The van der Waals surface area contributed by atoms with Crippen molar-refractivity contribution in [1.82, 2.24) is 14.1 Å². The fourth-order valence-electron chi connectivity index (χ4n) is 2.09. The highest BCUT2D eigenvalue weighted by molar-refractivity contribution is 7.17. The van der Waals surface area contributed by atoms with E-state index in [0.29, 0.717) is 10.3 Å². The van der Waals surface area contributed by atoms with E-state index >= 15 is 0 Å². The normalized spacial score (nSPS) is 11.1. The quantitative estimate of drug-likeness (QED) is 0.692. The van der Waals surface area contributed by atoms with Crippen molar-refractivity contribution >= 4 is 27.3 Å². The first-order valence-corrected chi connectivity index (χ1v) is 7.02. The number of aryl methyl sites for hydroxylation is 2. The van der Waals surface area contributed by atoms with Crippen LogP contribution < -0.4 is 5.56 Å². The third kappa shape index (κ3) is 2.08. The number of aromatic nitrogens is 3. The molecule has 0 unspecified atom stereocenters. The van der Waals surface area contributed by atoms with Crippen molar-refractivity contribution in [2.75, 3.05) is 0 Å². The van der Waals surface area contributed by atoms with E-state index in [1.54, 1.807) is 23.0 Å². The van der Waals surface area contributed by atoms with E-state index in [2.05, 4.69) is 4.98 Å². The van der Waals surface area contributed by atoms with Gasteiger partial charge in [0.1, 0.15) is 4.70 Å². The van der Waals surface area contributed by atoms with Crippen molar-refractivity contribution in [2.45, 2.75) is 13.5 Å². The number of thiophene rings is 1. The van der Waals surface area contributed by atoms with Gasteiger partial charge >= 0.3 is 0 Å². The molecule has 0 spiro atoms. The Morgan fingerprint density at radius 3 is 2.95 bits per heavy atom. The first-order valence-electron chi connectivity index (χ1n) is 6.14. The highest BCUT2D eigenvalue weighted by atomic mass is 32.1. The van der Waals surface area contributed by atoms with E-state index < -0.39 is 0 Å². The zero-order valence-electron chi connectivity index (χ0n) is 11.2. The molecule has 0 N–H and O–H groups in total. The molecule has 0 saturated carbocycles. The molecule has 20 heavy (non-hydrogen) atoms. The van der Waals surface area contributed by atoms with Gasteiger partial charge in [0.15, 0.2) is 5.78 Å². The number of nitrogens with zero attached hydrogens (tertiary/aromatic N) is 3. The summed E-state index contributed by atoms with van der Waals surface area (Å²) >= 11 is 1.37. The van der Waals surface area contributed by atoms with Gasteiger partial charge in [-0.3, -0.25) is 14.2 Å². The van der Waals surface area contributed by atoms with Gasteiger partial charge in [-0.2, -0.15) is 0 Å². The summed E-state index contributed by atoms with van der Waals surface area (Å²) in [6.45, 7) is 1.94. The van der Waals surface area contributed by atoms with Crippen LogP contribution in [0, 0.1) is 6.92 Å². The lowest BCUT2D eigenvalue weighted by molar-refractivity contribution is 0.0970. The van der Waals surface area contributed by atoms with Crippen LogP contribution >= 0.6 is 11.3 Å². The summed E-state index contributed by atoms with van der Waals surface area (Å²) in [5, 5.41) is 1.91. The first-order chi connectivity index (χ1) is 9.56. The van der Waals surface area contributed by atoms with Crippen molar-refractivity contribution < 1.29 is 4.79 Å². The standard InChI is InChI=1S/C14H13N3O2S/c1-9-7-20-13-12(9)15-8-17(14(13)19)6-11(18)10-3-4-16(2)5-10/h3-5,7-8H,6H2,1-2H3. The molecule has 3 aromatic heterocycles. The van der Waals surface area contributed by atoms with Crippen molar-refractivity contribution in [1.29, 1.82) is 0 Å². The maximum atomic E-state index is 12.3. The summed E-state index contributed by atoms with van der Waals surface area (Å²) < 4.78 is 3.78. The molecule has 0 bridgehead atoms. The van der Waals surface area contributed by atoms with Crippen molar-refractivity contribution in [3.63, 3.8) is 0 Å². The third-order valence-corrected chi connectivity index (χ3v) is 4.27. The van der Waals surface area contributed by atoms with Crippen LogP contribution in [-0.4, -0.2) is 19.9 Å². The maximum absolute atomic E-state index is 12.3. The van der Waals surface area contributed by atoms with Crippen LogP contribution in [0.15, 0.2) is 35.0 Å². The van der Waals surface area contributed by atoms with Gasteiger partial charge in [-0.1, -0.05) is 0 Å². The minimum Gasteiger partial charge on any atom is -0.357 e. The second-order valence-electron chi connectivity index (χ2n) is 4.76. The molecule has 0 saturated heterocycles. The van der Waals surface area contributed by atoms with E-state index in [1.807, 2.05) is 19.4 Å². The second kappa shape index (κ2) is 4.72. The number of carbonyl (C=O) groups is 1. The summed E-state index contributed by atoms with van der Waals surface area (Å²) in [5.41, 5.74) is 2.16. The summed E-state index contributed by atoms with van der Waals surface area (Å²) in [6.07, 6.45) is 5.00. The molecule has 6 heteroatoms. The van der Waals surface area contributed by atoms with Gasteiger partial charge in [-0.25, -0.2) is 4.98 Å². The maximum Gasteiger partial charge on any atom is 0.271 e. The lowest BCUT2D eigenvalue weighted by atomic mass is 10.2. The van der Waals surface area contributed by atoms with Crippen LogP contribution in [-0.2, 0) is 13.6 Å². The lowest BCUT2D eigenvalue weighted by Gasteiger charge is -2.03. The zero-order chi connectivity index (χ0) is 14.3. The number of fused-ring (bicyclic) bond motifs is 1. The first kappa shape index (κ1) is 12.8. The summed E-state index contributed by atoms with van der Waals surface area (Å²) in [6, 6.07) is 1.74. The highest BCUT2D eigenvalue weighted by Crippen LogP contribution is 2.19. The number of rotatable bonds is 3. The summed E-state index contributed by atoms with van der Waals surface area (Å²) in [4.78, 5) is 28.7. The van der Waals surface area contributed by atoms with E-state index in [1.165, 1.54) is 22.2 Å². The molecule has 3 heterocycles. The SMILES string of the molecule is Cc1csc2c(=O)n(CC(=O)c3ccn(C)c3)cnc12. The molecule has 0 radical (unpaired) electrons. The molecule has 0 aliphatic heterocycles. The van der Waals surface area contributed by atoms with Gasteiger partial charge in [-0.15, -0.1) is 11.3 Å². The van der Waals surface area contributed by atoms with Crippen molar-refractivity contribution in [2.24, 2.45) is 7.05 Å². The highest BCUT2D eigenvalue weighted by Gasteiger charge is 2.12. The fourth-order valence-corrected chi connectivity index (χ4v) is 3.04. The number of Topliss-reactive ketones (excluding diaryl/α,β-unsaturated/α-hetero) is 1. The van der Waals surface area contributed by atoms with Crippen LogP contribution in [0.1, 0.15) is 15.9 Å². The molecular formula is C14H13N3O2S. The zero-order valence-corrected chi connectivity index (χ0v) is 12.0. The van der Waals surface area contributed by atoms with Crippen LogP contribution in [0.25, 0.3) is 10.2 Å². The lowest BCUT2D eigenvalue weighted by Crippen LogP contribution is -2.24. The van der Waals surface area contributed by atoms with E-state index in [4.69, 9.17) is 0 Å². The molecule has 0 aliphatic carbocycles. The third-order valence-electron chi connectivity index (χ3n) is 3.19. The molecule has 0 amide bonds. The minimum atomic E-state index is -0.155. The Bertz CT molecular complexity index is 857. The number of hydrogen-bond acceptors (Lipinski definition) is 4. The van der Waals surface area contributed by atoms with Gasteiger partial charge in [0, 0.05) is 25.0 Å². The molecule has 102 valence electrons. The average Bonchev–Trinajstić information content (AvgIpc) is 3.00. The van der Waals surface area contributed by atoms with Crippen LogP contribution in [0.5, 0.6) is 0 Å². The predicted molar refractivity (Wildman–Crippen MR) is 78.4 cm³/mol. The summed E-state index contributed by atoms with van der Waals surface area (Å²) in [7, 11) is 1.85. The Hall–Kier alpha value is -2.21. The Morgan fingerprint density at radius 2 is 2.25 bits per heavy atom. The van der Waals surface area contributed by atoms with Gasteiger partial charge in [-0.05, 0) is 23.9 Å². The number of ketones is 1. The Morgan fingerprint density at radius 1 is 1.45 bits per heavy atom. The monoisotopic (exact) mass is 287 g/mol. The molecular weight excluding hydrogens is 274 g/mol. The fraction of sp³-hybridized carbons (Fsp3) is 0.214. The van der Waals surface area contributed by atoms with Gasteiger partial charge in [0.05, 0.1) is 18.4 Å². The van der Waals surface area contributed by atoms with E-state index in [-0.39, 0.29) is 17.9 Å². The molecule has 0 aromatic carbocycles. The molecule has 3 rings (SSSR count). The van der Waals surface area contributed by atoms with E-state index in [9.17, 15) is 9.59 Å².